The summed E-state index contributed by atoms with van der Waals surface area (Å²) in [6.45, 7) is 0.446. The summed E-state index contributed by atoms with van der Waals surface area (Å²) in [6.07, 6.45) is 0. The number of aromatic nitrogens is 1. The van der Waals surface area contributed by atoms with Gasteiger partial charge in [0.05, 0.1) is 11.8 Å². The summed E-state index contributed by atoms with van der Waals surface area (Å²) in [4.78, 5) is 16.7. The van der Waals surface area contributed by atoms with Gasteiger partial charge < -0.3 is 10.1 Å². The number of nitrogens with zero attached hydrogens (tertiary/aromatic N) is 1. The number of amides is 2. The van der Waals surface area contributed by atoms with Crippen LogP contribution in [-0.4, -0.2) is 18.1 Å². The Hall–Kier alpha value is -3.12. The van der Waals surface area contributed by atoms with Crippen molar-refractivity contribution in [3.8, 4) is 5.75 Å². The fraction of sp³-hybridized carbons (Fsp3) is 0.100. The van der Waals surface area contributed by atoms with Crippen LogP contribution in [0.4, 0.5) is 9.93 Å². The summed E-state index contributed by atoms with van der Waals surface area (Å²) in [5.41, 5.74) is 1.83. The van der Waals surface area contributed by atoms with Crippen molar-refractivity contribution in [2.45, 2.75) is 6.54 Å². The molecule has 0 aliphatic rings. The Morgan fingerprint density at radius 1 is 1.08 bits per heavy atom. The van der Waals surface area contributed by atoms with Crippen LogP contribution in [0.1, 0.15) is 5.56 Å². The highest BCUT2D eigenvalue weighted by Gasteiger charge is 2.11. The summed E-state index contributed by atoms with van der Waals surface area (Å²) in [7, 11) is 1.61. The van der Waals surface area contributed by atoms with Crippen molar-refractivity contribution in [3.63, 3.8) is 0 Å². The number of fused-ring (bicyclic) bond motifs is 2. The van der Waals surface area contributed by atoms with E-state index in [0.717, 1.165) is 26.6 Å². The van der Waals surface area contributed by atoms with Crippen LogP contribution in [0.3, 0.4) is 0 Å². The second kappa shape index (κ2) is 7.01. The molecule has 130 valence electrons. The number of nitrogens with one attached hydrogen (secondary N) is 2. The van der Waals surface area contributed by atoms with E-state index in [-0.39, 0.29) is 6.03 Å². The fourth-order valence-corrected chi connectivity index (χ4v) is 3.78. The van der Waals surface area contributed by atoms with E-state index >= 15 is 0 Å². The molecule has 0 aliphatic carbocycles. The van der Waals surface area contributed by atoms with Crippen LogP contribution in [-0.2, 0) is 6.54 Å². The van der Waals surface area contributed by atoms with Gasteiger partial charge in [0, 0.05) is 6.54 Å². The number of anilines is 1. The van der Waals surface area contributed by atoms with Crippen LogP contribution in [0.25, 0.3) is 21.0 Å². The Bertz CT molecular complexity index is 1090. The zero-order valence-corrected chi connectivity index (χ0v) is 15.0. The number of thiazole rings is 1. The van der Waals surface area contributed by atoms with Crippen LogP contribution >= 0.6 is 11.3 Å². The predicted octanol–water partition coefficient (Wildman–Crippen LogP) is 4.78. The van der Waals surface area contributed by atoms with E-state index in [2.05, 4.69) is 33.8 Å². The molecule has 0 radical (unpaired) electrons. The Morgan fingerprint density at radius 2 is 1.88 bits per heavy atom. The van der Waals surface area contributed by atoms with Crippen LogP contribution in [0.2, 0.25) is 0 Å². The average molecular weight is 363 g/mol. The first-order valence-corrected chi connectivity index (χ1v) is 9.01. The molecule has 2 N–H and O–H groups in total. The topological polar surface area (TPSA) is 63.2 Å². The SMILES string of the molecule is COc1cccc2sc(NC(=O)NCc3cccc4ccccc34)nc12. The molecule has 26 heavy (non-hydrogen) atoms. The molecule has 4 rings (SSSR count). The first-order valence-electron chi connectivity index (χ1n) is 8.19. The molecule has 1 heterocycles. The number of benzene rings is 3. The largest absolute Gasteiger partial charge is 0.494 e. The molecule has 4 aromatic rings. The van der Waals surface area contributed by atoms with Crippen LogP contribution in [0.5, 0.6) is 5.75 Å². The lowest BCUT2D eigenvalue weighted by Crippen LogP contribution is -2.28. The summed E-state index contributed by atoms with van der Waals surface area (Å²) >= 11 is 1.42. The van der Waals surface area contributed by atoms with Gasteiger partial charge in [0.25, 0.3) is 0 Å². The van der Waals surface area contributed by atoms with Crippen LogP contribution < -0.4 is 15.4 Å². The van der Waals surface area contributed by atoms with Gasteiger partial charge in [0.2, 0.25) is 0 Å². The third-order valence-electron chi connectivity index (χ3n) is 4.14. The lowest BCUT2D eigenvalue weighted by atomic mass is 10.0. The highest BCUT2D eigenvalue weighted by molar-refractivity contribution is 7.22. The van der Waals surface area contributed by atoms with Crippen molar-refractivity contribution >= 4 is 43.5 Å². The minimum absolute atomic E-state index is 0.282. The molecule has 0 spiro atoms. The first-order chi connectivity index (χ1) is 12.7. The number of urea groups is 1. The van der Waals surface area contributed by atoms with E-state index in [0.29, 0.717) is 17.4 Å². The molecule has 2 amide bonds. The Balaban J connectivity index is 1.47. The maximum Gasteiger partial charge on any atom is 0.321 e. The summed E-state index contributed by atoms with van der Waals surface area (Å²) in [6, 6.07) is 19.6. The van der Waals surface area contributed by atoms with E-state index < -0.39 is 0 Å². The van der Waals surface area contributed by atoms with Crippen molar-refractivity contribution < 1.29 is 9.53 Å². The van der Waals surface area contributed by atoms with E-state index in [1.54, 1.807) is 7.11 Å². The van der Waals surface area contributed by atoms with Gasteiger partial charge in [0.15, 0.2) is 5.13 Å². The quantitative estimate of drug-likeness (QED) is 0.548. The second-order valence-corrected chi connectivity index (χ2v) is 6.80. The molecule has 0 saturated carbocycles. The number of hydrogen-bond donors (Lipinski definition) is 2. The van der Waals surface area contributed by atoms with Crippen molar-refractivity contribution in [1.29, 1.82) is 0 Å². The molecule has 6 heteroatoms. The molecule has 3 aromatic carbocycles. The molecular formula is C20H17N3O2S. The van der Waals surface area contributed by atoms with Crippen LogP contribution in [0, 0.1) is 0 Å². The van der Waals surface area contributed by atoms with Gasteiger partial charge in [-0.2, -0.15) is 0 Å². The van der Waals surface area contributed by atoms with E-state index in [4.69, 9.17) is 4.74 Å². The van der Waals surface area contributed by atoms with Gasteiger partial charge >= 0.3 is 6.03 Å². The molecular weight excluding hydrogens is 346 g/mol. The van der Waals surface area contributed by atoms with Gasteiger partial charge in [0.1, 0.15) is 11.3 Å². The fourth-order valence-electron chi connectivity index (χ4n) is 2.90. The second-order valence-electron chi connectivity index (χ2n) is 5.77. The van der Waals surface area contributed by atoms with Gasteiger partial charge in [-0.05, 0) is 28.5 Å². The number of carbonyl (C=O) groups excluding carboxylic acids is 1. The van der Waals surface area contributed by atoms with Crippen molar-refractivity contribution in [3.05, 3.63) is 66.2 Å². The van der Waals surface area contributed by atoms with Crippen molar-refractivity contribution in [1.82, 2.24) is 10.3 Å². The van der Waals surface area contributed by atoms with E-state index in [9.17, 15) is 4.79 Å². The minimum Gasteiger partial charge on any atom is -0.494 e. The maximum absolute atomic E-state index is 12.3. The molecule has 1 aromatic heterocycles. The zero-order valence-electron chi connectivity index (χ0n) is 14.2. The molecule has 0 fully saturated rings. The average Bonchev–Trinajstić information content (AvgIpc) is 3.08. The number of rotatable bonds is 4. The number of para-hydroxylation sites is 1. The standard InChI is InChI=1S/C20H17N3O2S/c1-25-16-10-5-11-17-18(16)22-20(26-17)23-19(24)21-12-14-8-4-7-13-6-2-3-9-15(13)14/h2-11H,12H2,1H3,(H2,21,22,23,24). The van der Waals surface area contributed by atoms with E-state index in [1.807, 2.05) is 42.5 Å². The van der Waals surface area contributed by atoms with Crippen molar-refractivity contribution in [2.75, 3.05) is 12.4 Å². The lowest BCUT2D eigenvalue weighted by molar-refractivity contribution is 0.252. The molecule has 0 atom stereocenters. The third kappa shape index (κ3) is 3.19. The van der Waals surface area contributed by atoms with Gasteiger partial charge in [-0.15, -0.1) is 0 Å². The monoisotopic (exact) mass is 363 g/mol. The molecule has 5 nitrogen and oxygen atoms in total. The molecule has 0 saturated heterocycles. The zero-order chi connectivity index (χ0) is 17.9. The molecule has 0 aliphatic heterocycles. The lowest BCUT2D eigenvalue weighted by Gasteiger charge is -2.08. The highest BCUT2D eigenvalue weighted by atomic mass is 32.1. The number of carbonyl (C=O) groups is 1. The Morgan fingerprint density at radius 3 is 2.77 bits per heavy atom. The maximum atomic E-state index is 12.3. The minimum atomic E-state index is -0.282. The third-order valence-corrected chi connectivity index (χ3v) is 5.08. The molecule has 0 unspecified atom stereocenters. The van der Waals surface area contributed by atoms with Crippen molar-refractivity contribution in [2.24, 2.45) is 0 Å². The number of methoxy groups -OCH3 is 1. The number of ether oxygens (including phenoxy) is 1. The molecule has 0 bridgehead atoms. The summed E-state index contributed by atoms with van der Waals surface area (Å²) < 4.78 is 6.27. The van der Waals surface area contributed by atoms with Crippen LogP contribution in [0.15, 0.2) is 60.7 Å². The van der Waals surface area contributed by atoms with Gasteiger partial charge in [-0.1, -0.05) is 59.9 Å². The summed E-state index contributed by atoms with van der Waals surface area (Å²) in [5.74, 6) is 0.697. The van der Waals surface area contributed by atoms with Gasteiger partial charge in [-0.3, -0.25) is 5.32 Å². The summed E-state index contributed by atoms with van der Waals surface area (Å²) in [5, 5.41) is 8.54. The number of hydrogen-bond acceptors (Lipinski definition) is 4. The van der Waals surface area contributed by atoms with E-state index in [1.165, 1.54) is 11.3 Å². The normalized spacial score (nSPS) is 10.8. The highest BCUT2D eigenvalue weighted by Crippen LogP contribution is 2.32. The Kier molecular flexibility index (Phi) is 4.41. The predicted molar refractivity (Wildman–Crippen MR) is 106 cm³/mol. The van der Waals surface area contributed by atoms with Gasteiger partial charge in [-0.25, -0.2) is 9.78 Å². The first kappa shape index (κ1) is 16.4. The Labute approximate surface area is 154 Å². The smallest absolute Gasteiger partial charge is 0.321 e.